The van der Waals surface area contributed by atoms with Gasteiger partial charge in [-0.1, -0.05) is 46.6 Å². The molecule has 5 heteroatoms. The van der Waals surface area contributed by atoms with Crippen molar-refractivity contribution in [2.75, 3.05) is 0 Å². The van der Waals surface area contributed by atoms with Crippen molar-refractivity contribution in [2.45, 2.75) is 6.92 Å². The van der Waals surface area contributed by atoms with Crippen molar-refractivity contribution in [3.05, 3.63) is 63.7 Å². The molecule has 0 aromatic heterocycles. The van der Waals surface area contributed by atoms with E-state index in [1.54, 1.807) is 42.5 Å². The van der Waals surface area contributed by atoms with Crippen molar-refractivity contribution in [3.63, 3.8) is 0 Å². The molecule has 0 spiro atoms. The van der Waals surface area contributed by atoms with Crippen molar-refractivity contribution in [1.82, 2.24) is 0 Å². The molecule has 3 nitrogen and oxygen atoms in total. The number of carbonyl (C=O) groups excluding carboxylic acids is 1. The quantitative estimate of drug-likeness (QED) is 0.503. The summed E-state index contributed by atoms with van der Waals surface area (Å²) in [5.74, 6) is -0.108. The van der Waals surface area contributed by atoms with E-state index in [-0.39, 0.29) is 5.78 Å². The van der Waals surface area contributed by atoms with Crippen molar-refractivity contribution in [1.29, 1.82) is 0 Å². The summed E-state index contributed by atoms with van der Waals surface area (Å²) in [6, 6.07) is 4.99. The lowest BCUT2D eigenvalue weighted by molar-refractivity contribution is -0.111. The molecule has 0 amide bonds. The normalized spacial score (nSPS) is 13.6. The van der Waals surface area contributed by atoms with Gasteiger partial charge < -0.3 is 5.21 Å². The summed E-state index contributed by atoms with van der Waals surface area (Å²) in [6.45, 7) is 1.48. The van der Waals surface area contributed by atoms with Crippen LogP contribution in [0, 0.1) is 0 Å². The maximum atomic E-state index is 11.9. The summed E-state index contributed by atoms with van der Waals surface area (Å²) in [6.07, 6.45) is 6.64. The third kappa shape index (κ3) is 3.00. The molecule has 1 N–H and O–H groups in total. The fourth-order valence-electron chi connectivity index (χ4n) is 1.94. The van der Waals surface area contributed by atoms with E-state index in [1.807, 2.05) is 0 Å². The number of Topliss-reactive ketones (excluding diaryl/α,β-unsaturated/α-hetero) is 1. The minimum absolute atomic E-state index is 0.108. The highest BCUT2D eigenvalue weighted by molar-refractivity contribution is 6.37. The van der Waals surface area contributed by atoms with Crippen LogP contribution in [0.25, 0.3) is 5.57 Å². The Morgan fingerprint density at radius 3 is 2.30 bits per heavy atom. The molecule has 1 aliphatic carbocycles. The highest BCUT2D eigenvalue weighted by atomic mass is 35.5. The van der Waals surface area contributed by atoms with E-state index in [1.165, 1.54) is 6.92 Å². The first-order valence-corrected chi connectivity index (χ1v) is 6.57. The summed E-state index contributed by atoms with van der Waals surface area (Å²) >= 11 is 12.0. The highest BCUT2D eigenvalue weighted by Crippen LogP contribution is 2.31. The summed E-state index contributed by atoms with van der Waals surface area (Å²) in [5, 5.41) is 12.7. The smallest absolute Gasteiger partial charge is 0.161 e. The van der Waals surface area contributed by atoms with Gasteiger partial charge in [-0.05, 0) is 36.8 Å². The molecule has 0 saturated heterocycles. The Morgan fingerprint density at radius 1 is 1.15 bits per heavy atom. The predicted octanol–water partition coefficient (Wildman–Crippen LogP) is 4.29. The second kappa shape index (κ2) is 6.07. The molecular formula is C15H11Cl2NO2. The van der Waals surface area contributed by atoms with Gasteiger partial charge in [0, 0.05) is 16.2 Å². The Kier molecular flexibility index (Phi) is 4.42. The number of halogens is 2. The maximum Gasteiger partial charge on any atom is 0.161 e. The highest BCUT2D eigenvalue weighted by Gasteiger charge is 2.16. The first-order chi connectivity index (χ1) is 9.52. The monoisotopic (exact) mass is 307 g/mol. The zero-order chi connectivity index (χ0) is 14.7. The second-order valence-electron chi connectivity index (χ2n) is 4.20. The van der Waals surface area contributed by atoms with Crippen LogP contribution in [-0.4, -0.2) is 16.7 Å². The van der Waals surface area contributed by atoms with Gasteiger partial charge in [0.1, 0.15) is 5.71 Å². The van der Waals surface area contributed by atoms with E-state index in [9.17, 15) is 4.79 Å². The van der Waals surface area contributed by atoms with Crippen molar-refractivity contribution < 1.29 is 10.0 Å². The molecule has 0 saturated carbocycles. The molecule has 0 unspecified atom stereocenters. The van der Waals surface area contributed by atoms with Crippen LogP contribution >= 0.6 is 23.2 Å². The van der Waals surface area contributed by atoms with Crippen LogP contribution in [0.4, 0.5) is 0 Å². The van der Waals surface area contributed by atoms with Gasteiger partial charge in [0.05, 0.1) is 5.02 Å². The summed E-state index contributed by atoms with van der Waals surface area (Å²) in [4.78, 5) is 11.9. The number of rotatable bonds is 2. The first-order valence-electron chi connectivity index (χ1n) is 5.82. The van der Waals surface area contributed by atoms with Crippen molar-refractivity contribution in [3.8, 4) is 0 Å². The second-order valence-corrected chi connectivity index (χ2v) is 5.05. The lowest BCUT2D eigenvalue weighted by atomic mass is 9.94. The van der Waals surface area contributed by atoms with E-state index in [4.69, 9.17) is 28.4 Å². The molecule has 20 heavy (non-hydrogen) atoms. The van der Waals surface area contributed by atoms with Crippen LogP contribution in [-0.2, 0) is 4.79 Å². The number of oxime groups is 1. The first kappa shape index (κ1) is 14.6. The maximum absolute atomic E-state index is 11.9. The molecule has 0 aliphatic heterocycles. The van der Waals surface area contributed by atoms with Gasteiger partial charge in [-0.3, -0.25) is 4.79 Å². The SMILES string of the molecule is CC(=O)C(=C1C=CC(=NO)C=C1)c1ccc(Cl)cc1Cl. The molecule has 0 bridgehead atoms. The van der Waals surface area contributed by atoms with Crippen LogP contribution in [0.2, 0.25) is 10.0 Å². The minimum Gasteiger partial charge on any atom is -0.410 e. The largest absolute Gasteiger partial charge is 0.410 e. The average Bonchev–Trinajstić information content (AvgIpc) is 2.42. The third-order valence-electron chi connectivity index (χ3n) is 2.82. The van der Waals surface area contributed by atoms with Crippen LogP contribution in [0.5, 0.6) is 0 Å². The standard InChI is InChI=1S/C15H11Cl2NO2/c1-9(19)15(10-2-5-12(18-20)6-3-10)13-7-4-11(16)8-14(13)17/h2-8,20H,1H3. The van der Waals surface area contributed by atoms with Crippen LogP contribution in [0.1, 0.15) is 12.5 Å². The van der Waals surface area contributed by atoms with E-state index < -0.39 is 0 Å². The Bertz CT molecular complexity index is 667. The van der Waals surface area contributed by atoms with E-state index in [0.29, 0.717) is 32.5 Å². The Morgan fingerprint density at radius 2 is 1.80 bits per heavy atom. The minimum atomic E-state index is -0.108. The van der Waals surface area contributed by atoms with Crippen LogP contribution < -0.4 is 0 Å². The van der Waals surface area contributed by atoms with Gasteiger partial charge in [0.2, 0.25) is 0 Å². The molecule has 102 valence electrons. The molecule has 0 heterocycles. The number of hydrogen-bond acceptors (Lipinski definition) is 3. The Balaban J connectivity index is 2.59. The van der Waals surface area contributed by atoms with Crippen molar-refractivity contribution >= 4 is 40.3 Å². The fraction of sp³-hybridized carbons (Fsp3) is 0.0667. The van der Waals surface area contributed by atoms with E-state index in [0.717, 1.165) is 0 Å². The third-order valence-corrected chi connectivity index (χ3v) is 3.37. The molecule has 1 aromatic rings. The molecular weight excluding hydrogens is 297 g/mol. The van der Waals surface area contributed by atoms with E-state index >= 15 is 0 Å². The van der Waals surface area contributed by atoms with Crippen LogP contribution in [0.15, 0.2) is 53.2 Å². The number of allylic oxidation sites excluding steroid dienone is 6. The number of nitrogens with zero attached hydrogens (tertiary/aromatic N) is 1. The Hall–Kier alpha value is -1.84. The van der Waals surface area contributed by atoms with Gasteiger partial charge in [0.15, 0.2) is 5.78 Å². The predicted molar refractivity (Wildman–Crippen MR) is 81.6 cm³/mol. The fourth-order valence-corrected chi connectivity index (χ4v) is 2.44. The van der Waals surface area contributed by atoms with E-state index in [2.05, 4.69) is 5.16 Å². The molecule has 0 radical (unpaired) electrons. The molecule has 0 fully saturated rings. The Labute approximate surface area is 126 Å². The molecule has 1 aliphatic rings. The molecule has 0 atom stereocenters. The van der Waals surface area contributed by atoms with Gasteiger partial charge in [-0.2, -0.15) is 0 Å². The van der Waals surface area contributed by atoms with Gasteiger partial charge in [-0.15, -0.1) is 0 Å². The van der Waals surface area contributed by atoms with Gasteiger partial charge in [-0.25, -0.2) is 0 Å². The lowest BCUT2D eigenvalue weighted by Gasteiger charge is -2.12. The number of benzene rings is 1. The van der Waals surface area contributed by atoms with Crippen LogP contribution in [0.3, 0.4) is 0 Å². The summed E-state index contributed by atoms with van der Waals surface area (Å²) in [5.41, 5.74) is 2.24. The summed E-state index contributed by atoms with van der Waals surface area (Å²) in [7, 11) is 0. The number of carbonyl (C=O) groups is 1. The number of ketones is 1. The average molecular weight is 308 g/mol. The summed E-state index contributed by atoms with van der Waals surface area (Å²) < 4.78 is 0. The van der Waals surface area contributed by atoms with Crippen molar-refractivity contribution in [2.24, 2.45) is 5.16 Å². The number of hydrogen-bond donors (Lipinski definition) is 1. The lowest BCUT2D eigenvalue weighted by Crippen LogP contribution is -2.03. The topological polar surface area (TPSA) is 49.7 Å². The van der Waals surface area contributed by atoms with Gasteiger partial charge >= 0.3 is 0 Å². The zero-order valence-corrected chi connectivity index (χ0v) is 12.1. The molecule has 2 rings (SSSR count). The van der Waals surface area contributed by atoms with Gasteiger partial charge in [0.25, 0.3) is 0 Å². The molecule has 1 aromatic carbocycles. The zero-order valence-electron chi connectivity index (χ0n) is 10.6.